The van der Waals surface area contributed by atoms with Crippen molar-refractivity contribution in [2.24, 2.45) is 22.7 Å². The van der Waals surface area contributed by atoms with Crippen molar-refractivity contribution >= 4 is 5.78 Å². The van der Waals surface area contributed by atoms with Gasteiger partial charge in [-0.05, 0) is 29.9 Å². The predicted octanol–water partition coefficient (Wildman–Crippen LogP) is 4.05. The molecule has 2 aromatic rings. The first-order chi connectivity index (χ1) is 14.4. The minimum Gasteiger partial charge on any atom is -0.362 e. The van der Waals surface area contributed by atoms with Gasteiger partial charge in [0.15, 0.2) is 17.8 Å². The summed E-state index contributed by atoms with van der Waals surface area (Å²) in [5, 5.41) is 16.4. The Morgan fingerprint density at radius 3 is 2.83 bits per heavy atom. The Bertz CT molecular complexity index is 1140. The number of nitrogens with one attached hydrogen (secondary N) is 1. The zero-order valence-corrected chi connectivity index (χ0v) is 17.8. The highest BCUT2D eigenvalue weighted by molar-refractivity contribution is 6.01. The number of hydrogen-bond acceptors (Lipinski definition) is 6. The summed E-state index contributed by atoms with van der Waals surface area (Å²) in [7, 11) is 1.88. The van der Waals surface area contributed by atoms with Crippen LogP contribution >= 0.6 is 0 Å². The van der Waals surface area contributed by atoms with Gasteiger partial charge >= 0.3 is 0 Å². The molecule has 0 saturated heterocycles. The maximum absolute atomic E-state index is 13.5. The number of carbonyl (C=O) groups is 1. The normalized spacial score (nSPS) is 26.9. The van der Waals surface area contributed by atoms with Gasteiger partial charge in [0.1, 0.15) is 6.33 Å². The second kappa shape index (κ2) is 6.45. The minimum absolute atomic E-state index is 0.0696. The zero-order chi connectivity index (χ0) is 21.1. The summed E-state index contributed by atoms with van der Waals surface area (Å²) >= 11 is 0. The Morgan fingerprint density at radius 1 is 1.27 bits per heavy atom. The number of rotatable bonds is 3. The van der Waals surface area contributed by atoms with Crippen molar-refractivity contribution in [1.29, 1.82) is 0 Å². The average molecular weight is 403 g/mol. The van der Waals surface area contributed by atoms with E-state index in [0.717, 1.165) is 46.6 Å². The molecule has 0 fully saturated rings. The lowest BCUT2D eigenvalue weighted by Crippen LogP contribution is -2.51. The lowest BCUT2D eigenvalue weighted by Gasteiger charge is -2.47. The molecule has 7 nitrogen and oxygen atoms in total. The summed E-state index contributed by atoms with van der Waals surface area (Å²) in [5.41, 5.74) is 4.40. The van der Waals surface area contributed by atoms with Crippen LogP contribution in [0.3, 0.4) is 0 Å². The van der Waals surface area contributed by atoms with E-state index in [1.807, 2.05) is 25.4 Å². The van der Waals surface area contributed by atoms with E-state index >= 15 is 0 Å². The van der Waals surface area contributed by atoms with E-state index < -0.39 is 5.41 Å². The van der Waals surface area contributed by atoms with E-state index in [-0.39, 0.29) is 17.4 Å². The molecule has 30 heavy (non-hydrogen) atoms. The third kappa shape index (κ3) is 2.61. The lowest BCUT2D eigenvalue weighted by molar-refractivity contribution is -0.119. The van der Waals surface area contributed by atoms with Crippen molar-refractivity contribution in [3.05, 3.63) is 59.2 Å². The second-order valence-corrected chi connectivity index (χ2v) is 9.20. The maximum atomic E-state index is 13.5. The number of fused-ring (bicyclic) bond motifs is 1. The number of hydrogen-bond donors (Lipinski definition) is 1. The topological polar surface area (TPSA) is 84.5 Å². The number of ketones is 1. The van der Waals surface area contributed by atoms with Crippen molar-refractivity contribution in [1.82, 2.24) is 20.1 Å². The van der Waals surface area contributed by atoms with Gasteiger partial charge in [0.25, 0.3) is 0 Å². The molecule has 2 aliphatic heterocycles. The Kier molecular flexibility index (Phi) is 4.07. The molecular formula is C23H26N6O. The van der Waals surface area contributed by atoms with E-state index in [4.69, 9.17) is 0 Å². The van der Waals surface area contributed by atoms with E-state index in [2.05, 4.69) is 58.5 Å². The zero-order valence-electron chi connectivity index (χ0n) is 17.8. The first-order valence-corrected chi connectivity index (χ1v) is 10.4. The molecule has 3 aliphatic rings. The van der Waals surface area contributed by atoms with E-state index in [9.17, 15) is 4.79 Å². The van der Waals surface area contributed by atoms with E-state index in [1.165, 1.54) is 0 Å². The van der Waals surface area contributed by atoms with Gasteiger partial charge in [0.2, 0.25) is 0 Å². The molecule has 0 saturated carbocycles. The van der Waals surface area contributed by atoms with Crippen LogP contribution in [0.15, 0.2) is 63.9 Å². The van der Waals surface area contributed by atoms with E-state index in [0.29, 0.717) is 6.42 Å². The Hall–Kier alpha value is -3.09. The summed E-state index contributed by atoms with van der Waals surface area (Å²) in [4.78, 5) is 17.9. The molecule has 3 heterocycles. The number of aromatic nitrogens is 3. The highest BCUT2D eigenvalue weighted by Gasteiger charge is 2.52. The van der Waals surface area contributed by atoms with Gasteiger partial charge in [-0.25, -0.2) is 9.67 Å². The SMILES string of the molecule is CC[C@]1(c2cccc(-c3ncnn3C)c2)C2=CN=NC2NC2=C1C(=O)CC(C)(C)C2. The number of nitrogens with zero attached hydrogens (tertiary/aromatic N) is 5. The van der Waals surface area contributed by atoms with Gasteiger partial charge in [0.05, 0.1) is 11.6 Å². The fraction of sp³-hybridized carbons (Fsp3) is 0.435. The highest BCUT2D eigenvalue weighted by Crippen LogP contribution is 2.53. The van der Waals surface area contributed by atoms with Crippen molar-refractivity contribution in [3.8, 4) is 11.4 Å². The number of allylic oxidation sites excluding steroid dienone is 2. The van der Waals surface area contributed by atoms with Crippen molar-refractivity contribution in [2.45, 2.75) is 51.6 Å². The molecule has 7 heteroatoms. The Labute approximate surface area is 176 Å². The first kappa shape index (κ1) is 18.9. The molecule has 0 radical (unpaired) electrons. The van der Waals surface area contributed by atoms with Crippen LogP contribution in [-0.2, 0) is 17.3 Å². The Morgan fingerprint density at radius 2 is 2.10 bits per heavy atom. The van der Waals surface area contributed by atoms with Crippen LogP contribution in [0, 0.1) is 5.41 Å². The van der Waals surface area contributed by atoms with Crippen LogP contribution in [0.1, 0.15) is 45.6 Å². The summed E-state index contributed by atoms with van der Waals surface area (Å²) in [6, 6.07) is 8.33. The lowest BCUT2D eigenvalue weighted by atomic mass is 9.59. The molecule has 0 spiro atoms. The molecule has 0 bridgehead atoms. The summed E-state index contributed by atoms with van der Waals surface area (Å²) in [6.07, 6.45) is 5.32. The third-order valence-corrected chi connectivity index (χ3v) is 6.63. The number of aryl methyl sites for hydroxylation is 1. The van der Waals surface area contributed by atoms with Gasteiger partial charge in [-0.15, -0.1) is 0 Å². The molecule has 2 atom stereocenters. The quantitative estimate of drug-likeness (QED) is 0.839. The van der Waals surface area contributed by atoms with Crippen LogP contribution in [0.25, 0.3) is 11.4 Å². The molecule has 1 aromatic carbocycles. The molecule has 5 rings (SSSR count). The maximum Gasteiger partial charge on any atom is 0.164 e. The minimum atomic E-state index is -0.545. The number of carbonyl (C=O) groups excluding carboxylic acids is 1. The summed E-state index contributed by atoms with van der Waals surface area (Å²) in [6.45, 7) is 6.45. The van der Waals surface area contributed by atoms with Crippen LogP contribution in [-0.4, -0.2) is 26.7 Å². The molecule has 1 unspecified atom stereocenters. The highest BCUT2D eigenvalue weighted by atomic mass is 16.1. The first-order valence-electron chi connectivity index (χ1n) is 10.4. The van der Waals surface area contributed by atoms with Crippen LogP contribution < -0.4 is 5.32 Å². The molecular weight excluding hydrogens is 376 g/mol. The smallest absolute Gasteiger partial charge is 0.164 e. The predicted molar refractivity (Wildman–Crippen MR) is 113 cm³/mol. The molecule has 154 valence electrons. The largest absolute Gasteiger partial charge is 0.362 e. The van der Waals surface area contributed by atoms with Crippen molar-refractivity contribution in [2.75, 3.05) is 0 Å². The molecule has 1 N–H and O–H groups in total. The fourth-order valence-corrected chi connectivity index (χ4v) is 5.37. The second-order valence-electron chi connectivity index (χ2n) is 9.20. The standard InChI is InChI=1S/C23H26N6O/c1-5-23(15-8-6-7-14(9-15)21-24-13-26-29(21)4)16-12-25-28-20(16)27-17-10-22(2,3)11-18(30)19(17)23/h6-9,12-13,20,27H,5,10-11H2,1-4H3/t20?,23-/m0/s1. The molecule has 1 aliphatic carbocycles. The van der Waals surface area contributed by atoms with Gasteiger partial charge in [-0.1, -0.05) is 39.0 Å². The monoisotopic (exact) mass is 402 g/mol. The fourth-order valence-electron chi connectivity index (χ4n) is 5.37. The molecule has 1 aromatic heterocycles. The van der Waals surface area contributed by atoms with Crippen molar-refractivity contribution < 1.29 is 4.79 Å². The van der Waals surface area contributed by atoms with Crippen LogP contribution in [0.2, 0.25) is 0 Å². The van der Waals surface area contributed by atoms with Crippen molar-refractivity contribution in [3.63, 3.8) is 0 Å². The average Bonchev–Trinajstić information content (AvgIpc) is 3.34. The van der Waals surface area contributed by atoms with Gasteiger partial charge in [0, 0.05) is 35.9 Å². The van der Waals surface area contributed by atoms with Crippen LogP contribution in [0.5, 0.6) is 0 Å². The Balaban J connectivity index is 1.75. The van der Waals surface area contributed by atoms with E-state index in [1.54, 1.807) is 11.0 Å². The van der Waals surface area contributed by atoms with Crippen LogP contribution in [0.4, 0.5) is 0 Å². The third-order valence-electron chi connectivity index (χ3n) is 6.63. The van der Waals surface area contributed by atoms with Gasteiger partial charge in [-0.3, -0.25) is 4.79 Å². The van der Waals surface area contributed by atoms with Gasteiger partial charge < -0.3 is 5.32 Å². The number of Topliss-reactive ketones (excluding diaryl/α,β-unsaturated/α-hetero) is 1. The number of benzene rings is 1. The number of azo groups is 1. The summed E-state index contributed by atoms with van der Waals surface area (Å²) in [5.74, 6) is 1.01. The van der Waals surface area contributed by atoms with Gasteiger partial charge in [-0.2, -0.15) is 15.3 Å². The molecule has 0 amide bonds. The summed E-state index contributed by atoms with van der Waals surface area (Å²) < 4.78 is 1.77.